The van der Waals surface area contributed by atoms with Gasteiger partial charge in [0, 0.05) is 24.6 Å². The average Bonchev–Trinajstić information content (AvgIpc) is 2.29. The monoisotopic (exact) mass is 257 g/mol. The third kappa shape index (κ3) is 3.59. The Morgan fingerprint density at radius 2 is 2.41 bits per heavy atom. The fraction of sp³-hybridized carbons (Fsp3) is 0.333. The lowest BCUT2D eigenvalue weighted by Crippen LogP contribution is -2.09. The van der Waals surface area contributed by atoms with Crippen molar-refractivity contribution in [1.82, 2.24) is 4.98 Å². The highest BCUT2D eigenvalue weighted by molar-refractivity contribution is 7.98. The van der Waals surface area contributed by atoms with Gasteiger partial charge in [0.1, 0.15) is 0 Å². The molecular formula is C9H11N3O4S. The van der Waals surface area contributed by atoms with Crippen molar-refractivity contribution in [2.45, 2.75) is 0 Å². The number of aromatic nitrogens is 1. The SMILES string of the molecule is CSCCNc1ncc(C(=O)O)cc1[N+](=O)[O-]. The van der Waals surface area contributed by atoms with Gasteiger partial charge in [-0.1, -0.05) is 0 Å². The van der Waals surface area contributed by atoms with Crippen LogP contribution in [0.2, 0.25) is 0 Å². The number of anilines is 1. The lowest BCUT2D eigenvalue weighted by atomic mass is 10.2. The summed E-state index contributed by atoms with van der Waals surface area (Å²) in [5, 5.41) is 22.3. The second-order valence-corrected chi connectivity index (χ2v) is 4.06. The third-order valence-electron chi connectivity index (χ3n) is 1.91. The predicted octanol–water partition coefficient (Wildman–Crippen LogP) is 1.46. The predicted molar refractivity (Wildman–Crippen MR) is 64.7 cm³/mol. The van der Waals surface area contributed by atoms with E-state index in [0.29, 0.717) is 6.54 Å². The van der Waals surface area contributed by atoms with Crippen molar-refractivity contribution in [1.29, 1.82) is 0 Å². The molecule has 0 aliphatic rings. The normalized spacial score (nSPS) is 9.94. The highest BCUT2D eigenvalue weighted by Gasteiger charge is 2.18. The van der Waals surface area contributed by atoms with E-state index in [4.69, 9.17) is 5.11 Å². The molecule has 1 aromatic heterocycles. The molecule has 0 saturated carbocycles. The van der Waals surface area contributed by atoms with Crippen molar-refractivity contribution >= 4 is 29.2 Å². The summed E-state index contributed by atoms with van der Waals surface area (Å²) in [5.74, 6) is -0.371. The molecule has 2 N–H and O–H groups in total. The van der Waals surface area contributed by atoms with Crippen LogP contribution in [0.4, 0.5) is 11.5 Å². The molecule has 0 radical (unpaired) electrons. The lowest BCUT2D eigenvalue weighted by molar-refractivity contribution is -0.384. The molecule has 0 aliphatic heterocycles. The molecule has 0 aliphatic carbocycles. The first-order valence-electron chi connectivity index (χ1n) is 4.66. The standard InChI is InChI=1S/C9H11N3O4S/c1-17-3-2-10-8-7(12(15)16)4-6(5-11-8)9(13)14/h4-5H,2-3H2,1H3,(H,10,11)(H,13,14). The number of carboxylic acids is 1. The summed E-state index contributed by atoms with van der Waals surface area (Å²) in [4.78, 5) is 24.5. The van der Waals surface area contributed by atoms with E-state index in [0.717, 1.165) is 18.0 Å². The van der Waals surface area contributed by atoms with Gasteiger partial charge >= 0.3 is 11.7 Å². The number of carboxylic acid groups (broad SMARTS) is 1. The minimum atomic E-state index is -1.24. The number of carbonyl (C=O) groups is 1. The van der Waals surface area contributed by atoms with E-state index in [-0.39, 0.29) is 17.1 Å². The van der Waals surface area contributed by atoms with Gasteiger partial charge in [0.25, 0.3) is 0 Å². The lowest BCUT2D eigenvalue weighted by Gasteiger charge is -2.05. The van der Waals surface area contributed by atoms with Crippen LogP contribution >= 0.6 is 11.8 Å². The van der Waals surface area contributed by atoms with Crippen molar-refractivity contribution in [3.05, 3.63) is 27.9 Å². The zero-order valence-electron chi connectivity index (χ0n) is 9.04. The molecule has 1 heterocycles. The Morgan fingerprint density at radius 1 is 1.71 bits per heavy atom. The van der Waals surface area contributed by atoms with Crippen LogP contribution in [-0.4, -0.2) is 39.5 Å². The van der Waals surface area contributed by atoms with Crippen molar-refractivity contribution in [3.8, 4) is 0 Å². The van der Waals surface area contributed by atoms with Crippen molar-refractivity contribution in [3.63, 3.8) is 0 Å². The number of rotatable bonds is 6. The highest BCUT2D eigenvalue weighted by atomic mass is 32.2. The van der Waals surface area contributed by atoms with Gasteiger partial charge < -0.3 is 10.4 Å². The Balaban J connectivity index is 2.96. The molecule has 7 nitrogen and oxygen atoms in total. The first-order chi connectivity index (χ1) is 8.06. The number of nitrogens with one attached hydrogen (secondary N) is 1. The van der Waals surface area contributed by atoms with Crippen LogP contribution in [0.25, 0.3) is 0 Å². The molecule has 0 fully saturated rings. The van der Waals surface area contributed by atoms with Gasteiger partial charge in [0.15, 0.2) is 0 Å². The smallest absolute Gasteiger partial charge is 0.337 e. The fourth-order valence-electron chi connectivity index (χ4n) is 1.12. The van der Waals surface area contributed by atoms with E-state index >= 15 is 0 Å². The van der Waals surface area contributed by atoms with E-state index in [1.165, 1.54) is 0 Å². The maximum atomic E-state index is 10.8. The van der Waals surface area contributed by atoms with E-state index < -0.39 is 10.9 Å². The van der Waals surface area contributed by atoms with Crippen molar-refractivity contribution in [2.75, 3.05) is 23.9 Å². The van der Waals surface area contributed by atoms with Gasteiger partial charge in [-0.15, -0.1) is 0 Å². The molecule has 0 saturated heterocycles. The van der Waals surface area contributed by atoms with E-state index in [1.807, 2.05) is 6.26 Å². The molecule has 17 heavy (non-hydrogen) atoms. The summed E-state index contributed by atoms with van der Waals surface area (Å²) in [6.07, 6.45) is 3.01. The fourth-order valence-corrected chi connectivity index (χ4v) is 1.42. The number of pyridine rings is 1. The first kappa shape index (κ1) is 13.2. The summed E-state index contributed by atoms with van der Waals surface area (Å²) in [5.41, 5.74) is -0.530. The van der Waals surface area contributed by atoms with Crippen molar-refractivity contribution in [2.24, 2.45) is 0 Å². The molecule has 92 valence electrons. The van der Waals surface area contributed by atoms with Crippen LogP contribution in [0.1, 0.15) is 10.4 Å². The van der Waals surface area contributed by atoms with Gasteiger partial charge in [-0.05, 0) is 6.26 Å². The summed E-state index contributed by atoms with van der Waals surface area (Å²) in [6.45, 7) is 0.529. The molecule has 0 amide bonds. The summed E-state index contributed by atoms with van der Waals surface area (Å²) in [6, 6.07) is 0.997. The quantitative estimate of drug-likeness (QED) is 0.451. The van der Waals surface area contributed by atoms with E-state index in [2.05, 4.69) is 10.3 Å². The Hall–Kier alpha value is -1.83. The van der Waals surface area contributed by atoms with Crippen molar-refractivity contribution < 1.29 is 14.8 Å². The van der Waals surface area contributed by atoms with Gasteiger partial charge in [-0.2, -0.15) is 11.8 Å². The summed E-state index contributed by atoms with van der Waals surface area (Å²) >= 11 is 1.59. The van der Waals surface area contributed by atoms with Gasteiger partial charge in [0.2, 0.25) is 5.82 Å². The van der Waals surface area contributed by atoms with Crippen LogP contribution in [0, 0.1) is 10.1 Å². The first-order valence-corrected chi connectivity index (χ1v) is 6.06. The topological polar surface area (TPSA) is 105 Å². The molecule has 1 rings (SSSR count). The second-order valence-electron chi connectivity index (χ2n) is 3.07. The molecule has 0 unspecified atom stereocenters. The zero-order valence-corrected chi connectivity index (χ0v) is 9.86. The van der Waals surface area contributed by atoms with E-state index in [9.17, 15) is 14.9 Å². The molecule has 0 spiro atoms. The van der Waals surface area contributed by atoms with Crippen LogP contribution < -0.4 is 5.32 Å². The van der Waals surface area contributed by atoms with Gasteiger partial charge in [-0.25, -0.2) is 9.78 Å². The Morgan fingerprint density at radius 3 is 2.94 bits per heavy atom. The van der Waals surface area contributed by atoms with Crippen LogP contribution in [0.15, 0.2) is 12.3 Å². The van der Waals surface area contributed by atoms with Gasteiger partial charge in [-0.3, -0.25) is 10.1 Å². The van der Waals surface area contributed by atoms with E-state index in [1.54, 1.807) is 11.8 Å². The van der Waals surface area contributed by atoms with Gasteiger partial charge in [0.05, 0.1) is 10.5 Å². The number of thioether (sulfide) groups is 1. The maximum Gasteiger partial charge on any atom is 0.337 e. The molecular weight excluding hydrogens is 246 g/mol. The number of hydrogen-bond acceptors (Lipinski definition) is 6. The highest BCUT2D eigenvalue weighted by Crippen LogP contribution is 2.22. The van der Waals surface area contributed by atoms with Crippen LogP contribution in [-0.2, 0) is 0 Å². The van der Waals surface area contributed by atoms with Crippen LogP contribution in [0.3, 0.4) is 0 Å². The molecule has 8 heteroatoms. The Labute approximate surface area is 101 Å². The second kappa shape index (κ2) is 6.04. The Kier molecular flexibility index (Phi) is 4.70. The molecule has 0 bridgehead atoms. The summed E-state index contributed by atoms with van der Waals surface area (Å²) < 4.78 is 0. The zero-order chi connectivity index (χ0) is 12.8. The number of nitro groups is 1. The molecule has 1 aromatic rings. The average molecular weight is 257 g/mol. The molecule has 0 aromatic carbocycles. The Bertz CT molecular complexity index is 438. The number of nitrogens with zero attached hydrogens (tertiary/aromatic N) is 2. The number of hydrogen-bond donors (Lipinski definition) is 2. The number of aromatic carboxylic acids is 1. The summed E-state index contributed by atoms with van der Waals surface area (Å²) in [7, 11) is 0. The minimum absolute atomic E-state index is 0.0917. The maximum absolute atomic E-state index is 10.8. The van der Waals surface area contributed by atoms with Crippen LogP contribution in [0.5, 0.6) is 0 Å². The third-order valence-corrected chi connectivity index (χ3v) is 2.52. The molecule has 0 atom stereocenters. The minimum Gasteiger partial charge on any atom is -0.478 e. The largest absolute Gasteiger partial charge is 0.478 e.